The molecule has 4 heteroatoms. The molecule has 1 fully saturated rings. The SMILES string of the molecule is CC1CCC(C#N)C(S(=O)c2ccc(F)cc2)C1. The number of halogens is 1. The van der Waals surface area contributed by atoms with Crippen LogP contribution in [0.4, 0.5) is 4.39 Å². The Morgan fingerprint density at radius 3 is 2.61 bits per heavy atom. The summed E-state index contributed by atoms with van der Waals surface area (Å²) in [5.41, 5.74) is 0. The minimum absolute atomic E-state index is 0.121. The summed E-state index contributed by atoms with van der Waals surface area (Å²) in [5, 5.41) is 9.02. The van der Waals surface area contributed by atoms with Gasteiger partial charge in [-0.05, 0) is 49.4 Å². The van der Waals surface area contributed by atoms with Crippen LogP contribution in [0.2, 0.25) is 0 Å². The molecule has 1 aromatic rings. The van der Waals surface area contributed by atoms with Crippen molar-refractivity contribution in [1.82, 2.24) is 0 Å². The normalized spacial score (nSPS) is 29.5. The second-order valence-electron chi connectivity index (χ2n) is 4.94. The topological polar surface area (TPSA) is 40.9 Å². The van der Waals surface area contributed by atoms with Crippen molar-refractivity contribution < 1.29 is 8.60 Å². The average Bonchev–Trinajstić information content (AvgIpc) is 2.39. The summed E-state index contributed by atoms with van der Waals surface area (Å²) in [6, 6.07) is 8.02. The van der Waals surface area contributed by atoms with Gasteiger partial charge in [0.05, 0.1) is 28.0 Å². The Morgan fingerprint density at radius 2 is 2.00 bits per heavy atom. The Balaban J connectivity index is 2.21. The van der Waals surface area contributed by atoms with E-state index in [1.807, 2.05) is 0 Å². The van der Waals surface area contributed by atoms with Gasteiger partial charge in [-0.25, -0.2) is 4.39 Å². The Morgan fingerprint density at radius 1 is 1.33 bits per heavy atom. The second kappa shape index (κ2) is 5.62. The summed E-state index contributed by atoms with van der Waals surface area (Å²) >= 11 is 0. The van der Waals surface area contributed by atoms with Crippen LogP contribution in [-0.4, -0.2) is 9.46 Å². The van der Waals surface area contributed by atoms with E-state index < -0.39 is 10.8 Å². The molecule has 1 aliphatic carbocycles. The number of benzene rings is 1. The molecule has 1 saturated carbocycles. The van der Waals surface area contributed by atoms with Gasteiger partial charge >= 0.3 is 0 Å². The molecule has 1 aromatic carbocycles. The smallest absolute Gasteiger partial charge is 0.123 e. The van der Waals surface area contributed by atoms with E-state index in [-0.39, 0.29) is 17.0 Å². The molecule has 2 rings (SSSR count). The van der Waals surface area contributed by atoms with Crippen molar-refractivity contribution in [2.75, 3.05) is 0 Å². The molecule has 4 atom stereocenters. The highest BCUT2D eigenvalue weighted by Crippen LogP contribution is 2.33. The number of nitrogens with zero attached hydrogens (tertiary/aromatic N) is 1. The lowest BCUT2D eigenvalue weighted by atomic mass is 9.83. The summed E-state index contributed by atoms with van der Waals surface area (Å²) < 4.78 is 25.3. The fourth-order valence-electron chi connectivity index (χ4n) is 2.46. The maximum Gasteiger partial charge on any atom is 0.123 e. The van der Waals surface area contributed by atoms with Gasteiger partial charge in [0.15, 0.2) is 0 Å². The van der Waals surface area contributed by atoms with Gasteiger partial charge in [-0.3, -0.25) is 4.21 Å². The van der Waals surface area contributed by atoms with E-state index in [9.17, 15) is 8.60 Å². The van der Waals surface area contributed by atoms with Crippen molar-refractivity contribution in [2.45, 2.75) is 36.3 Å². The molecule has 4 unspecified atom stereocenters. The Kier molecular flexibility index (Phi) is 4.13. The molecule has 0 aromatic heterocycles. The first kappa shape index (κ1) is 13.2. The molecule has 96 valence electrons. The van der Waals surface area contributed by atoms with Crippen molar-refractivity contribution in [2.24, 2.45) is 11.8 Å². The Hall–Kier alpha value is -1.21. The van der Waals surface area contributed by atoms with Crippen LogP contribution < -0.4 is 0 Å². The van der Waals surface area contributed by atoms with Crippen LogP contribution in [0.15, 0.2) is 29.2 Å². The predicted molar refractivity (Wildman–Crippen MR) is 68.7 cm³/mol. The van der Waals surface area contributed by atoms with Crippen molar-refractivity contribution in [3.05, 3.63) is 30.1 Å². The van der Waals surface area contributed by atoms with E-state index in [2.05, 4.69) is 13.0 Å². The summed E-state index contributed by atoms with van der Waals surface area (Å²) in [4.78, 5) is 0.621. The van der Waals surface area contributed by atoms with Gasteiger partial charge in [0, 0.05) is 4.90 Å². The molecule has 0 saturated heterocycles. The van der Waals surface area contributed by atoms with E-state index in [4.69, 9.17) is 5.26 Å². The number of hydrogen-bond acceptors (Lipinski definition) is 2. The molecule has 0 spiro atoms. The predicted octanol–water partition coefficient (Wildman–Crippen LogP) is 3.26. The highest BCUT2D eigenvalue weighted by molar-refractivity contribution is 7.85. The van der Waals surface area contributed by atoms with E-state index in [0.717, 1.165) is 19.3 Å². The summed E-state index contributed by atoms with van der Waals surface area (Å²) in [6.07, 6.45) is 2.65. The molecule has 0 amide bonds. The van der Waals surface area contributed by atoms with Gasteiger partial charge in [-0.2, -0.15) is 5.26 Å². The monoisotopic (exact) mass is 265 g/mol. The molecule has 18 heavy (non-hydrogen) atoms. The van der Waals surface area contributed by atoms with Crippen molar-refractivity contribution >= 4 is 10.8 Å². The number of rotatable bonds is 2. The zero-order valence-electron chi connectivity index (χ0n) is 10.3. The van der Waals surface area contributed by atoms with Gasteiger partial charge in [0.2, 0.25) is 0 Å². The molecular weight excluding hydrogens is 249 g/mol. The molecule has 0 aliphatic heterocycles. The zero-order valence-corrected chi connectivity index (χ0v) is 11.1. The second-order valence-corrected chi connectivity index (χ2v) is 6.62. The first-order valence-electron chi connectivity index (χ1n) is 6.17. The summed E-state index contributed by atoms with van der Waals surface area (Å²) in [5.74, 6) is 0.0284. The quantitative estimate of drug-likeness (QED) is 0.823. The molecule has 1 aliphatic rings. The van der Waals surface area contributed by atoms with Gasteiger partial charge in [0.1, 0.15) is 5.82 Å². The third-order valence-corrected chi connectivity index (χ3v) is 5.35. The largest absolute Gasteiger partial charge is 0.254 e. The van der Waals surface area contributed by atoms with Crippen LogP contribution in [0.25, 0.3) is 0 Å². The first-order valence-corrected chi connectivity index (χ1v) is 7.39. The van der Waals surface area contributed by atoms with E-state index >= 15 is 0 Å². The highest BCUT2D eigenvalue weighted by atomic mass is 32.2. The highest BCUT2D eigenvalue weighted by Gasteiger charge is 2.33. The molecule has 0 bridgehead atoms. The molecular formula is C14H16FNOS. The van der Waals surface area contributed by atoms with Crippen LogP contribution in [-0.2, 0) is 10.8 Å². The third-order valence-electron chi connectivity index (χ3n) is 3.54. The van der Waals surface area contributed by atoms with E-state index in [0.29, 0.717) is 10.8 Å². The number of nitriles is 1. The molecule has 2 nitrogen and oxygen atoms in total. The third kappa shape index (κ3) is 2.78. The van der Waals surface area contributed by atoms with Crippen LogP contribution in [0, 0.1) is 29.0 Å². The van der Waals surface area contributed by atoms with Crippen LogP contribution in [0.3, 0.4) is 0 Å². The van der Waals surface area contributed by atoms with Gasteiger partial charge in [0.25, 0.3) is 0 Å². The van der Waals surface area contributed by atoms with E-state index in [1.54, 1.807) is 12.1 Å². The van der Waals surface area contributed by atoms with Gasteiger partial charge in [-0.1, -0.05) is 6.92 Å². The standard InChI is InChI=1S/C14H16FNOS/c1-10-2-3-11(9-16)14(8-10)18(17)13-6-4-12(15)5-7-13/h4-7,10-11,14H,2-3,8H2,1H3. The van der Waals surface area contributed by atoms with E-state index in [1.165, 1.54) is 12.1 Å². The number of hydrogen-bond donors (Lipinski definition) is 0. The Bertz CT molecular complexity index is 480. The lowest BCUT2D eigenvalue weighted by Crippen LogP contribution is -2.31. The van der Waals surface area contributed by atoms with Crippen LogP contribution >= 0.6 is 0 Å². The van der Waals surface area contributed by atoms with Gasteiger partial charge in [-0.15, -0.1) is 0 Å². The maximum atomic E-state index is 12.8. The van der Waals surface area contributed by atoms with Gasteiger partial charge < -0.3 is 0 Å². The van der Waals surface area contributed by atoms with Crippen molar-refractivity contribution in [3.63, 3.8) is 0 Å². The van der Waals surface area contributed by atoms with Crippen molar-refractivity contribution in [1.29, 1.82) is 5.26 Å². The molecule has 0 radical (unpaired) electrons. The minimum Gasteiger partial charge on any atom is -0.254 e. The fraction of sp³-hybridized carbons (Fsp3) is 0.500. The molecule has 0 N–H and O–H groups in total. The minimum atomic E-state index is -1.22. The average molecular weight is 265 g/mol. The van der Waals surface area contributed by atoms with Crippen LogP contribution in [0.5, 0.6) is 0 Å². The summed E-state index contributed by atoms with van der Waals surface area (Å²) in [6.45, 7) is 2.13. The lowest BCUT2D eigenvalue weighted by molar-refractivity contribution is 0.341. The maximum absolute atomic E-state index is 12.8. The van der Waals surface area contributed by atoms with Crippen LogP contribution in [0.1, 0.15) is 26.2 Å². The summed E-state index contributed by atoms with van der Waals surface area (Å²) in [7, 11) is -1.22. The fourth-order valence-corrected chi connectivity index (χ4v) is 4.21. The first-order chi connectivity index (χ1) is 8.61. The Labute approximate surface area is 109 Å². The zero-order chi connectivity index (χ0) is 13.1. The van der Waals surface area contributed by atoms with Crippen molar-refractivity contribution in [3.8, 4) is 6.07 Å². The molecule has 0 heterocycles. The lowest BCUT2D eigenvalue weighted by Gasteiger charge is -2.30.